The molecule has 2 N–H and O–H groups in total. The Labute approximate surface area is 121 Å². The Morgan fingerprint density at radius 2 is 2.15 bits per heavy atom. The number of anilines is 1. The molecule has 1 fully saturated rings. The number of aryl methyl sites for hydroxylation is 1. The van der Waals surface area contributed by atoms with Gasteiger partial charge in [0, 0.05) is 36.9 Å². The Balaban J connectivity index is 2.00. The number of nitrogens with one attached hydrogen (secondary N) is 2. The SMILES string of the molecule is CNc1ccc(C(=O)NC2CCN(C)C(C)C2)cc1C. The van der Waals surface area contributed by atoms with Gasteiger partial charge in [-0.3, -0.25) is 4.79 Å². The summed E-state index contributed by atoms with van der Waals surface area (Å²) in [5.74, 6) is 0.0394. The van der Waals surface area contributed by atoms with Gasteiger partial charge in [0.15, 0.2) is 0 Å². The number of hydrogen-bond acceptors (Lipinski definition) is 3. The van der Waals surface area contributed by atoms with Gasteiger partial charge in [0.05, 0.1) is 0 Å². The van der Waals surface area contributed by atoms with E-state index in [1.807, 2.05) is 32.2 Å². The lowest BCUT2D eigenvalue weighted by Gasteiger charge is -2.35. The fraction of sp³-hybridized carbons (Fsp3) is 0.562. The Morgan fingerprint density at radius 1 is 1.40 bits per heavy atom. The molecule has 0 bridgehead atoms. The highest BCUT2D eigenvalue weighted by molar-refractivity contribution is 5.95. The summed E-state index contributed by atoms with van der Waals surface area (Å²) in [5.41, 5.74) is 2.90. The molecule has 20 heavy (non-hydrogen) atoms. The predicted octanol–water partition coefficient (Wildman–Crippen LogP) is 2.25. The zero-order valence-corrected chi connectivity index (χ0v) is 12.9. The molecule has 0 aliphatic carbocycles. The van der Waals surface area contributed by atoms with E-state index >= 15 is 0 Å². The van der Waals surface area contributed by atoms with Crippen LogP contribution in [0.25, 0.3) is 0 Å². The molecule has 110 valence electrons. The summed E-state index contributed by atoms with van der Waals surface area (Å²) in [7, 11) is 4.03. The maximum absolute atomic E-state index is 12.3. The zero-order valence-electron chi connectivity index (χ0n) is 12.9. The van der Waals surface area contributed by atoms with Gasteiger partial charge in [0.25, 0.3) is 5.91 Å². The summed E-state index contributed by atoms with van der Waals surface area (Å²) in [6, 6.07) is 6.61. The summed E-state index contributed by atoms with van der Waals surface area (Å²) in [4.78, 5) is 14.6. The van der Waals surface area contributed by atoms with Crippen molar-refractivity contribution in [3.63, 3.8) is 0 Å². The van der Waals surface area contributed by atoms with E-state index in [0.717, 1.165) is 36.2 Å². The third-order valence-electron chi connectivity index (χ3n) is 4.30. The van der Waals surface area contributed by atoms with E-state index in [1.165, 1.54) is 0 Å². The molecular weight excluding hydrogens is 250 g/mol. The van der Waals surface area contributed by atoms with E-state index in [4.69, 9.17) is 0 Å². The number of hydrogen-bond donors (Lipinski definition) is 2. The highest BCUT2D eigenvalue weighted by Gasteiger charge is 2.24. The summed E-state index contributed by atoms with van der Waals surface area (Å²) < 4.78 is 0. The first kappa shape index (κ1) is 14.9. The fourth-order valence-electron chi connectivity index (χ4n) is 2.77. The van der Waals surface area contributed by atoms with Gasteiger partial charge < -0.3 is 15.5 Å². The zero-order chi connectivity index (χ0) is 14.7. The van der Waals surface area contributed by atoms with Gasteiger partial charge in [-0.25, -0.2) is 0 Å². The molecule has 1 heterocycles. The van der Waals surface area contributed by atoms with Crippen LogP contribution in [0.15, 0.2) is 18.2 Å². The molecule has 0 radical (unpaired) electrons. The molecule has 4 heteroatoms. The fourth-order valence-corrected chi connectivity index (χ4v) is 2.77. The minimum Gasteiger partial charge on any atom is -0.388 e. The van der Waals surface area contributed by atoms with Gasteiger partial charge in [-0.05, 0) is 57.5 Å². The maximum atomic E-state index is 12.3. The molecule has 1 aromatic rings. The molecule has 1 saturated heterocycles. The molecular formula is C16H25N3O. The maximum Gasteiger partial charge on any atom is 0.251 e. The number of amides is 1. The predicted molar refractivity (Wildman–Crippen MR) is 83.3 cm³/mol. The van der Waals surface area contributed by atoms with Crippen molar-refractivity contribution in [2.24, 2.45) is 0 Å². The van der Waals surface area contributed by atoms with Crippen LogP contribution >= 0.6 is 0 Å². The second kappa shape index (κ2) is 6.27. The van der Waals surface area contributed by atoms with Crippen LogP contribution in [0.5, 0.6) is 0 Å². The molecule has 1 aromatic carbocycles. The van der Waals surface area contributed by atoms with Crippen LogP contribution in [0.4, 0.5) is 5.69 Å². The van der Waals surface area contributed by atoms with Crippen LogP contribution in [-0.4, -0.2) is 43.5 Å². The topological polar surface area (TPSA) is 44.4 Å². The highest BCUT2D eigenvalue weighted by Crippen LogP contribution is 2.18. The normalized spacial score (nSPS) is 23.4. The quantitative estimate of drug-likeness (QED) is 0.889. The minimum atomic E-state index is 0.0394. The lowest BCUT2D eigenvalue weighted by molar-refractivity contribution is 0.0896. The summed E-state index contributed by atoms with van der Waals surface area (Å²) in [5, 5.41) is 6.28. The van der Waals surface area contributed by atoms with Gasteiger partial charge >= 0.3 is 0 Å². The van der Waals surface area contributed by atoms with Crippen LogP contribution in [0.1, 0.15) is 35.7 Å². The van der Waals surface area contributed by atoms with E-state index in [9.17, 15) is 4.79 Å². The van der Waals surface area contributed by atoms with Crippen molar-refractivity contribution >= 4 is 11.6 Å². The second-order valence-electron chi connectivity index (χ2n) is 5.80. The highest BCUT2D eigenvalue weighted by atomic mass is 16.1. The lowest BCUT2D eigenvalue weighted by atomic mass is 9.98. The van der Waals surface area contributed by atoms with Gasteiger partial charge in [-0.2, -0.15) is 0 Å². The van der Waals surface area contributed by atoms with Crippen molar-refractivity contribution in [2.75, 3.05) is 26.0 Å². The van der Waals surface area contributed by atoms with Crippen LogP contribution in [-0.2, 0) is 0 Å². The molecule has 0 aromatic heterocycles. The van der Waals surface area contributed by atoms with Crippen LogP contribution in [0.2, 0.25) is 0 Å². The van der Waals surface area contributed by atoms with Gasteiger partial charge in [-0.15, -0.1) is 0 Å². The number of nitrogens with zero attached hydrogens (tertiary/aromatic N) is 1. The third-order valence-corrected chi connectivity index (χ3v) is 4.30. The number of carbonyl (C=O) groups excluding carboxylic acids is 1. The van der Waals surface area contributed by atoms with E-state index in [-0.39, 0.29) is 11.9 Å². The molecule has 0 saturated carbocycles. The molecule has 4 nitrogen and oxygen atoms in total. The number of benzene rings is 1. The molecule has 2 unspecified atom stereocenters. The second-order valence-corrected chi connectivity index (χ2v) is 5.80. The van der Waals surface area contributed by atoms with Crippen molar-refractivity contribution in [3.8, 4) is 0 Å². The van der Waals surface area contributed by atoms with E-state index in [1.54, 1.807) is 0 Å². The molecule has 1 aliphatic heterocycles. The third kappa shape index (κ3) is 3.31. The van der Waals surface area contributed by atoms with Crippen LogP contribution in [0, 0.1) is 6.92 Å². The van der Waals surface area contributed by atoms with Crippen LogP contribution < -0.4 is 10.6 Å². The average Bonchev–Trinajstić information content (AvgIpc) is 2.42. The van der Waals surface area contributed by atoms with E-state index < -0.39 is 0 Å². The summed E-state index contributed by atoms with van der Waals surface area (Å²) in [6.07, 6.45) is 2.05. The van der Waals surface area contributed by atoms with Gasteiger partial charge in [0.2, 0.25) is 0 Å². The first-order valence-electron chi connectivity index (χ1n) is 7.30. The Morgan fingerprint density at radius 3 is 2.75 bits per heavy atom. The van der Waals surface area contributed by atoms with Crippen molar-refractivity contribution in [1.29, 1.82) is 0 Å². The number of rotatable bonds is 3. The molecule has 1 aliphatic rings. The summed E-state index contributed by atoms with van der Waals surface area (Å²) >= 11 is 0. The number of carbonyl (C=O) groups is 1. The Hall–Kier alpha value is -1.55. The number of likely N-dealkylation sites (tertiary alicyclic amines) is 1. The monoisotopic (exact) mass is 275 g/mol. The van der Waals surface area contributed by atoms with Crippen molar-refractivity contribution in [3.05, 3.63) is 29.3 Å². The Bertz CT molecular complexity index is 487. The molecule has 2 atom stereocenters. The standard InChI is InChI=1S/C16H25N3O/c1-11-9-13(5-6-15(11)17-3)16(20)18-14-7-8-19(4)12(2)10-14/h5-6,9,12,14,17H,7-8,10H2,1-4H3,(H,18,20). The van der Waals surface area contributed by atoms with Crippen molar-refractivity contribution in [2.45, 2.75) is 38.8 Å². The van der Waals surface area contributed by atoms with Crippen molar-refractivity contribution in [1.82, 2.24) is 10.2 Å². The smallest absolute Gasteiger partial charge is 0.251 e. The largest absolute Gasteiger partial charge is 0.388 e. The van der Waals surface area contributed by atoms with Gasteiger partial charge in [0.1, 0.15) is 0 Å². The Kier molecular flexibility index (Phi) is 4.65. The molecule has 1 amide bonds. The first-order chi connectivity index (χ1) is 9.51. The first-order valence-corrected chi connectivity index (χ1v) is 7.30. The van der Waals surface area contributed by atoms with Crippen molar-refractivity contribution < 1.29 is 4.79 Å². The average molecular weight is 275 g/mol. The van der Waals surface area contributed by atoms with E-state index in [2.05, 4.69) is 29.5 Å². The van der Waals surface area contributed by atoms with E-state index in [0.29, 0.717) is 6.04 Å². The summed E-state index contributed by atoms with van der Waals surface area (Å²) in [6.45, 7) is 5.27. The minimum absolute atomic E-state index is 0.0394. The van der Waals surface area contributed by atoms with Crippen LogP contribution in [0.3, 0.4) is 0 Å². The van der Waals surface area contributed by atoms with Gasteiger partial charge in [-0.1, -0.05) is 0 Å². The molecule has 0 spiro atoms. The lowest BCUT2D eigenvalue weighted by Crippen LogP contribution is -2.47. The number of piperidine rings is 1. The molecule has 2 rings (SSSR count).